The quantitative estimate of drug-likeness (QED) is 0.862. The van der Waals surface area contributed by atoms with Gasteiger partial charge in [0.25, 0.3) is 0 Å². The second-order valence-corrected chi connectivity index (χ2v) is 4.95. The Morgan fingerprint density at radius 3 is 2.71 bits per heavy atom. The molecular weight excluding hydrogens is 256 g/mol. The monoisotopic (exact) mass is 264 g/mol. The summed E-state index contributed by atoms with van der Waals surface area (Å²) in [4.78, 5) is 9.38. The topological polar surface area (TPSA) is 61.6 Å². The normalized spacial score (nSPS) is 9.88. The molecule has 0 unspecified atom stereocenters. The van der Waals surface area contributed by atoms with Crippen molar-refractivity contribution < 1.29 is 0 Å². The third-order valence-electron chi connectivity index (χ3n) is 2.03. The molecule has 2 aromatic heterocycles. The van der Waals surface area contributed by atoms with Crippen LogP contribution in [0.25, 0.3) is 10.4 Å². The van der Waals surface area contributed by atoms with Gasteiger partial charge in [-0.1, -0.05) is 11.6 Å². The Bertz CT molecular complexity index is 529. The van der Waals surface area contributed by atoms with Gasteiger partial charge in [-0.3, -0.25) is 0 Å². The minimum atomic E-state index is 0.436. The van der Waals surface area contributed by atoms with Gasteiger partial charge in [-0.2, -0.15) is 5.26 Å². The Morgan fingerprint density at radius 1 is 1.35 bits per heavy atom. The Morgan fingerprint density at radius 2 is 2.12 bits per heavy atom. The Hall–Kier alpha value is -1.64. The zero-order valence-electron chi connectivity index (χ0n) is 8.85. The fourth-order valence-corrected chi connectivity index (χ4v) is 2.26. The van der Waals surface area contributed by atoms with Crippen molar-refractivity contribution in [1.82, 2.24) is 9.97 Å². The van der Waals surface area contributed by atoms with E-state index in [0.717, 1.165) is 14.8 Å². The van der Waals surface area contributed by atoms with Crippen molar-refractivity contribution in [1.29, 1.82) is 5.26 Å². The lowest BCUT2D eigenvalue weighted by atomic mass is 10.3. The van der Waals surface area contributed by atoms with E-state index in [0.29, 0.717) is 18.9 Å². The van der Waals surface area contributed by atoms with Crippen LogP contribution in [-0.4, -0.2) is 16.5 Å². The van der Waals surface area contributed by atoms with E-state index in [-0.39, 0.29) is 0 Å². The van der Waals surface area contributed by atoms with Crippen molar-refractivity contribution in [2.24, 2.45) is 0 Å². The van der Waals surface area contributed by atoms with Gasteiger partial charge in [-0.25, -0.2) is 9.97 Å². The zero-order chi connectivity index (χ0) is 12.1. The van der Waals surface area contributed by atoms with Gasteiger partial charge < -0.3 is 5.32 Å². The average Bonchev–Trinajstić information content (AvgIpc) is 2.77. The second kappa shape index (κ2) is 5.62. The first-order valence-electron chi connectivity index (χ1n) is 4.98. The first-order chi connectivity index (χ1) is 8.29. The molecule has 2 heterocycles. The third kappa shape index (κ3) is 3.16. The molecule has 0 spiro atoms. The van der Waals surface area contributed by atoms with Crippen LogP contribution in [-0.2, 0) is 0 Å². The summed E-state index contributed by atoms with van der Waals surface area (Å²) in [5.41, 5.74) is 0.938. The number of nitriles is 1. The van der Waals surface area contributed by atoms with Crippen LogP contribution in [0.15, 0.2) is 24.5 Å². The van der Waals surface area contributed by atoms with E-state index in [1.54, 1.807) is 12.4 Å². The minimum Gasteiger partial charge on any atom is -0.353 e. The van der Waals surface area contributed by atoms with E-state index in [9.17, 15) is 0 Å². The standard InChI is InChI=1S/C11H9ClN4S/c12-10-3-2-9(17-10)8-6-15-11(16-7-8)14-5-1-4-13/h2-3,6-7H,1,5H2,(H,14,15,16). The molecule has 17 heavy (non-hydrogen) atoms. The van der Waals surface area contributed by atoms with E-state index < -0.39 is 0 Å². The molecule has 2 aromatic rings. The van der Waals surface area contributed by atoms with Crippen LogP contribution in [0.2, 0.25) is 4.34 Å². The molecule has 0 fully saturated rings. The van der Waals surface area contributed by atoms with Gasteiger partial charge >= 0.3 is 0 Å². The zero-order valence-corrected chi connectivity index (χ0v) is 10.4. The van der Waals surface area contributed by atoms with Crippen molar-refractivity contribution in [3.05, 3.63) is 28.9 Å². The molecule has 1 N–H and O–H groups in total. The fraction of sp³-hybridized carbons (Fsp3) is 0.182. The van der Waals surface area contributed by atoms with Crippen molar-refractivity contribution in [2.45, 2.75) is 6.42 Å². The molecule has 0 amide bonds. The van der Waals surface area contributed by atoms with E-state index in [2.05, 4.69) is 15.3 Å². The molecule has 0 aromatic carbocycles. The van der Waals surface area contributed by atoms with Crippen molar-refractivity contribution in [3.8, 4) is 16.5 Å². The Labute approximate surface area is 108 Å². The molecule has 0 saturated heterocycles. The third-order valence-corrected chi connectivity index (χ3v) is 3.31. The SMILES string of the molecule is N#CCCNc1ncc(-c2ccc(Cl)s2)cn1. The maximum absolute atomic E-state index is 8.40. The number of thiophene rings is 1. The molecule has 0 bridgehead atoms. The predicted molar refractivity (Wildman–Crippen MR) is 69.1 cm³/mol. The molecule has 0 radical (unpaired) electrons. The van der Waals surface area contributed by atoms with Gasteiger partial charge in [0, 0.05) is 29.4 Å². The second-order valence-electron chi connectivity index (χ2n) is 3.23. The van der Waals surface area contributed by atoms with E-state index in [1.165, 1.54) is 11.3 Å². The number of nitrogens with one attached hydrogen (secondary N) is 1. The fourth-order valence-electron chi connectivity index (χ4n) is 1.25. The lowest BCUT2D eigenvalue weighted by Crippen LogP contribution is -2.04. The average molecular weight is 265 g/mol. The van der Waals surface area contributed by atoms with Crippen molar-refractivity contribution in [3.63, 3.8) is 0 Å². The molecule has 0 saturated carbocycles. The van der Waals surface area contributed by atoms with Gasteiger partial charge in [0.15, 0.2) is 0 Å². The maximum atomic E-state index is 8.40. The number of rotatable bonds is 4. The molecular formula is C11H9ClN4S. The van der Waals surface area contributed by atoms with Gasteiger partial charge in [0.2, 0.25) is 5.95 Å². The maximum Gasteiger partial charge on any atom is 0.222 e. The highest BCUT2D eigenvalue weighted by molar-refractivity contribution is 7.19. The number of aromatic nitrogens is 2. The van der Waals surface area contributed by atoms with Crippen molar-refractivity contribution in [2.75, 3.05) is 11.9 Å². The van der Waals surface area contributed by atoms with Crippen LogP contribution in [0.5, 0.6) is 0 Å². The smallest absolute Gasteiger partial charge is 0.222 e. The lowest BCUT2D eigenvalue weighted by Gasteiger charge is -2.02. The van der Waals surface area contributed by atoms with Crippen LogP contribution >= 0.6 is 22.9 Å². The van der Waals surface area contributed by atoms with E-state index in [4.69, 9.17) is 16.9 Å². The highest BCUT2D eigenvalue weighted by Crippen LogP contribution is 2.30. The first kappa shape index (κ1) is 11.8. The summed E-state index contributed by atoms with van der Waals surface area (Å²) in [6.45, 7) is 0.556. The molecule has 6 heteroatoms. The summed E-state index contributed by atoms with van der Waals surface area (Å²) in [5, 5.41) is 11.4. The van der Waals surface area contributed by atoms with Crippen molar-refractivity contribution >= 4 is 28.9 Å². The highest BCUT2D eigenvalue weighted by Gasteiger charge is 2.03. The summed E-state index contributed by atoms with van der Waals surface area (Å²) in [7, 11) is 0. The van der Waals surface area contributed by atoms with Crippen LogP contribution < -0.4 is 5.32 Å². The molecule has 86 valence electrons. The predicted octanol–water partition coefficient (Wildman–Crippen LogP) is 3.18. The van der Waals surface area contributed by atoms with E-state index >= 15 is 0 Å². The number of hydrogen-bond acceptors (Lipinski definition) is 5. The molecule has 2 rings (SSSR count). The van der Waals surface area contributed by atoms with E-state index in [1.807, 2.05) is 18.2 Å². The molecule has 4 nitrogen and oxygen atoms in total. The Kier molecular flexibility index (Phi) is 3.91. The number of nitrogens with zero attached hydrogens (tertiary/aromatic N) is 3. The summed E-state index contributed by atoms with van der Waals surface area (Å²) in [6.07, 6.45) is 3.92. The summed E-state index contributed by atoms with van der Waals surface area (Å²) < 4.78 is 0.747. The van der Waals surface area contributed by atoms with Crippen LogP contribution in [0.3, 0.4) is 0 Å². The summed E-state index contributed by atoms with van der Waals surface area (Å²) in [5.74, 6) is 0.534. The summed E-state index contributed by atoms with van der Waals surface area (Å²) in [6, 6.07) is 5.83. The minimum absolute atomic E-state index is 0.436. The molecule has 0 aliphatic carbocycles. The van der Waals surface area contributed by atoms with Crippen LogP contribution in [0, 0.1) is 11.3 Å². The van der Waals surface area contributed by atoms with Gasteiger partial charge in [0.1, 0.15) is 0 Å². The molecule has 0 atom stereocenters. The van der Waals surface area contributed by atoms with Gasteiger partial charge in [-0.05, 0) is 12.1 Å². The number of anilines is 1. The summed E-state index contributed by atoms with van der Waals surface area (Å²) >= 11 is 7.35. The first-order valence-corrected chi connectivity index (χ1v) is 6.17. The number of halogens is 1. The molecule has 0 aliphatic rings. The van der Waals surface area contributed by atoms with Crippen LogP contribution in [0.4, 0.5) is 5.95 Å². The van der Waals surface area contributed by atoms with Gasteiger partial charge in [-0.15, -0.1) is 11.3 Å². The van der Waals surface area contributed by atoms with Gasteiger partial charge in [0.05, 0.1) is 16.8 Å². The number of hydrogen-bond donors (Lipinski definition) is 1. The Balaban J connectivity index is 2.05. The molecule has 0 aliphatic heterocycles. The highest BCUT2D eigenvalue weighted by atomic mass is 35.5. The largest absolute Gasteiger partial charge is 0.353 e. The lowest BCUT2D eigenvalue weighted by molar-refractivity contribution is 1.02. The van der Waals surface area contributed by atoms with Crippen LogP contribution in [0.1, 0.15) is 6.42 Å².